The van der Waals surface area contributed by atoms with E-state index in [9.17, 15) is 4.79 Å². The van der Waals surface area contributed by atoms with E-state index in [0.717, 1.165) is 33.2 Å². The highest BCUT2D eigenvalue weighted by molar-refractivity contribution is 7.13. The first-order valence-corrected chi connectivity index (χ1v) is 8.40. The van der Waals surface area contributed by atoms with E-state index in [2.05, 4.69) is 20.8 Å². The summed E-state index contributed by atoms with van der Waals surface area (Å²) in [5, 5.41) is 12.5. The average Bonchev–Trinajstić information content (AvgIpc) is 3.12. The van der Waals surface area contributed by atoms with Crippen molar-refractivity contribution in [3.05, 3.63) is 52.4 Å². The molecule has 124 valence electrons. The van der Waals surface area contributed by atoms with Gasteiger partial charge in [0.05, 0.1) is 5.69 Å². The Morgan fingerprint density at radius 3 is 2.79 bits per heavy atom. The molecule has 24 heavy (non-hydrogen) atoms. The molecule has 0 unspecified atom stereocenters. The summed E-state index contributed by atoms with van der Waals surface area (Å²) in [5.41, 5.74) is 4.38. The average molecular weight is 342 g/mol. The minimum atomic E-state index is -0.275. The Morgan fingerprint density at radius 2 is 2.12 bits per heavy atom. The van der Waals surface area contributed by atoms with Gasteiger partial charge in [0.15, 0.2) is 0 Å². The maximum absolute atomic E-state index is 12.1. The number of carbonyl (C=O) groups is 1. The summed E-state index contributed by atoms with van der Waals surface area (Å²) in [6.45, 7) is 6.02. The van der Waals surface area contributed by atoms with Crippen LogP contribution in [-0.4, -0.2) is 16.2 Å². The number of benzene rings is 1. The number of hydrogen-bond acceptors (Lipinski definition) is 5. The summed E-state index contributed by atoms with van der Waals surface area (Å²) in [7, 11) is 0. The lowest BCUT2D eigenvalue weighted by Gasteiger charge is -2.08. The Morgan fingerprint density at radius 1 is 1.29 bits per heavy atom. The molecule has 3 aromatic rings. The third-order valence-corrected chi connectivity index (χ3v) is 4.60. The van der Waals surface area contributed by atoms with Crippen LogP contribution in [0.5, 0.6) is 0 Å². The Kier molecular flexibility index (Phi) is 4.61. The minimum Gasteiger partial charge on any atom is -0.361 e. The van der Waals surface area contributed by atoms with Crippen LogP contribution >= 0.6 is 11.3 Å². The molecule has 2 heterocycles. The number of nitrogens with zero attached hydrogens (tertiary/aromatic N) is 2. The normalized spacial score (nSPS) is 10.6. The number of hydrogen-bond donors (Lipinski definition) is 2. The summed E-state index contributed by atoms with van der Waals surface area (Å²) in [4.78, 5) is 16.6. The molecule has 0 saturated heterocycles. The second-order valence-electron chi connectivity index (χ2n) is 5.49. The number of rotatable bonds is 4. The van der Waals surface area contributed by atoms with Crippen molar-refractivity contribution in [1.29, 1.82) is 0 Å². The number of aromatic nitrogens is 2. The van der Waals surface area contributed by atoms with Crippen LogP contribution in [0.3, 0.4) is 0 Å². The van der Waals surface area contributed by atoms with E-state index in [-0.39, 0.29) is 6.03 Å². The van der Waals surface area contributed by atoms with Gasteiger partial charge in [0.25, 0.3) is 0 Å². The van der Waals surface area contributed by atoms with Gasteiger partial charge in [0.2, 0.25) is 0 Å². The summed E-state index contributed by atoms with van der Waals surface area (Å²) < 4.78 is 5.09. The van der Waals surface area contributed by atoms with Crippen molar-refractivity contribution in [2.24, 2.45) is 0 Å². The van der Waals surface area contributed by atoms with Gasteiger partial charge in [-0.05, 0) is 32.9 Å². The fourth-order valence-corrected chi connectivity index (χ4v) is 3.11. The van der Waals surface area contributed by atoms with E-state index >= 15 is 0 Å². The number of urea groups is 1. The van der Waals surface area contributed by atoms with E-state index in [1.807, 2.05) is 50.4 Å². The van der Waals surface area contributed by atoms with E-state index < -0.39 is 0 Å². The lowest BCUT2D eigenvalue weighted by molar-refractivity contribution is 0.251. The number of carbonyl (C=O) groups excluding carboxylic acids is 1. The van der Waals surface area contributed by atoms with Crippen molar-refractivity contribution in [1.82, 2.24) is 15.5 Å². The maximum Gasteiger partial charge on any atom is 0.319 e. The van der Waals surface area contributed by atoms with Crippen LogP contribution in [0.15, 0.2) is 34.2 Å². The first-order chi connectivity index (χ1) is 11.5. The molecule has 0 saturated carbocycles. The molecule has 0 atom stereocenters. The number of nitrogens with one attached hydrogen (secondary N) is 2. The molecule has 2 N–H and O–H groups in total. The molecule has 2 amide bonds. The summed E-state index contributed by atoms with van der Waals surface area (Å²) in [5.74, 6) is 0.717. The standard InChI is InChI=1S/C17H18N4O2S/c1-10-9-24-16(19-10)13-5-4-6-14(7-13)20-17(22)18-8-15-11(2)21-23-12(15)3/h4-7,9H,8H2,1-3H3,(H2,18,20,22). The monoisotopic (exact) mass is 342 g/mol. The molecule has 3 rings (SSSR count). The zero-order valence-corrected chi connectivity index (χ0v) is 14.5. The number of anilines is 1. The molecule has 6 nitrogen and oxygen atoms in total. The molecular formula is C17H18N4O2S. The molecule has 0 aliphatic carbocycles. The molecule has 7 heteroatoms. The second-order valence-corrected chi connectivity index (χ2v) is 6.34. The van der Waals surface area contributed by atoms with Crippen LogP contribution < -0.4 is 10.6 Å². The van der Waals surface area contributed by atoms with Gasteiger partial charge < -0.3 is 15.2 Å². The smallest absolute Gasteiger partial charge is 0.319 e. The fraction of sp³-hybridized carbons (Fsp3) is 0.235. The van der Waals surface area contributed by atoms with Crippen LogP contribution in [0.1, 0.15) is 22.7 Å². The Labute approximate surface area is 143 Å². The van der Waals surface area contributed by atoms with Crippen molar-refractivity contribution in [3.63, 3.8) is 0 Å². The highest BCUT2D eigenvalue weighted by Gasteiger charge is 2.11. The molecule has 0 fully saturated rings. The first kappa shape index (κ1) is 16.2. The molecule has 1 aromatic carbocycles. The maximum atomic E-state index is 12.1. The van der Waals surface area contributed by atoms with Gasteiger partial charge in [-0.3, -0.25) is 0 Å². The number of thiazole rings is 1. The quantitative estimate of drug-likeness (QED) is 0.750. The van der Waals surface area contributed by atoms with Gasteiger partial charge in [0.1, 0.15) is 10.8 Å². The molecular weight excluding hydrogens is 324 g/mol. The lowest BCUT2D eigenvalue weighted by Crippen LogP contribution is -2.28. The van der Waals surface area contributed by atoms with Crippen molar-refractivity contribution in [2.45, 2.75) is 27.3 Å². The predicted molar refractivity (Wildman–Crippen MR) is 94.1 cm³/mol. The minimum absolute atomic E-state index is 0.275. The number of amides is 2. The third-order valence-electron chi connectivity index (χ3n) is 3.59. The van der Waals surface area contributed by atoms with Gasteiger partial charge in [-0.1, -0.05) is 17.3 Å². The lowest BCUT2D eigenvalue weighted by atomic mass is 10.2. The van der Waals surface area contributed by atoms with Gasteiger partial charge in [-0.25, -0.2) is 9.78 Å². The van der Waals surface area contributed by atoms with Crippen molar-refractivity contribution in [2.75, 3.05) is 5.32 Å². The highest BCUT2D eigenvalue weighted by Crippen LogP contribution is 2.25. The molecule has 0 spiro atoms. The summed E-state index contributed by atoms with van der Waals surface area (Å²) in [6, 6.07) is 7.36. The van der Waals surface area contributed by atoms with E-state index in [0.29, 0.717) is 12.3 Å². The number of aryl methyl sites for hydroxylation is 3. The van der Waals surface area contributed by atoms with Gasteiger partial charge >= 0.3 is 6.03 Å². The Balaban J connectivity index is 1.64. The van der Waals surface area contributed by atoms with E-state index in [1.54, 1.807) is 11.3 Å². The molecule has 0 radical (unpaired) electrons. The van der Waals surface area contributed by atoms with Crippen molar-refractivity contribution < 1.29 is 9.32 Å². The molecule has 0 aliphatic heterocycles. The summed E-state index contributed by atoms with van der Waals surface area (Å²) in [6.07, 6.45) is 0. The Hall–Kier alpha value is -2.67. The van der Waals surface area contributed by atoms with Gasteiger partial charge in [-0.2, -0.15) is 0 Å². The molecule has 0 bridgehead atoms. The SMILES string of the molecule is Cc1csc(-c2cccc(NC(=O)NCc3c(C)noc3C)c2)n1. The predicted octanol–water partition coefficient (Wildman–Crippen LogP) is 4.05. The molecule has 0 aliphatic rings. The summed E-state index contributed by atoms with van der Waals surface area (Å²) >= 11 is 1.59. The van der Waals surface area contributed by atoms with Crippen LogP contribution in [0.25, 0.3) is 10.6 Å². The van der Waals surface area contributed by atoms with E-state index in [1.165, 1.54) is 0 Å². The van der Waals surface area contributed by atoms with Crippen LogP contribution in [0.2, 0.25) is 0 Å². The topological polar surface area (TPSA) is 80.0 Å². The van der Waals surface area contributed by atoms with Gasteiger partial charge in [0, 0.05) is 34.4 Å². The van der Waals surface area contributed by atoms with Crippen molar-refractivity contribution in [3.8, 4) is 10.6 Å². The zero-order valence-electron chi connectivity index (χ0n) is 13.7. The van der Waals surface area contributed by atoms with Crippen LogP contribution in [0, 0.1) is 20.8 Å². The fourth-order valence-electron chi connectivity index (χ4n) is 2.31. The van der Waals surface area contributed by atoms with Crippen LogP contribution in [-0.2, 0) is 6.54 Å². The van der Waals surface area contributed by atoms with Crippen molar-refractivity contribution >= 4 is 23.1 Å². The van der Waals surface area contributed by atoms with E-state index in [4.69, 9.17) is 4.52 Å². The zero-order chi connectivity index (χ0) is 17.1. The van der Waals surface area contributed by atoms with Gasteiger partial charge in [-0.15, -0.1) is 11.3 Å². The second kappa shape index (κ2) is 6.84. The van der Waals surface area contributed by atoms with Crippen LogP contribution in [0.4, 0.5) is 10.5 Å². The Bertz CT molecular complexity index is 850. The highest BCUT2D eigenvalue weighted by atomic mass is 32.1. The third kappa shape index (κ3) is 3.62. The molecule has 2 aromatic heterocycles. The first-order valence-electron chi connectivity index (χ1n) is 7.52. The largest absolute Gasteiger partial charge is 0.361 e.